The smallest absolute Gasteiger partial charge is 0.261 e. The summed E-state index contributed by atoms with van der Waals surface area (Å²) in [5.74, 6) is 0.466. The van der Waals surface area contributed by atoms with E-state index < -0.39 is 9.05 Å². The minimum atomic E-state index is -3.77. The van der Waals surface area contributed by atoms with E-state index >= 15 is 0 Å². The zero-order valence-corrected chi connectivity index (χ0v) is 14.1. The summed E-state index contributed by atoms with van der Waals surface area (Å²) in [6, 6.07) is 3.06. The summed E-state index contributed by atoms with van der Waals surface area (Å²) in [7, 11) is 1.59. The largest absolute Gasteiger partial charge is 0.493 e. The average molecular weight is 334 g/mol. The lowest BCUT2D eigenvalue weighted by Crippen LogP contribution is -2.31. The minimum absolute atomic E-state index is 0.0755. The molecule has 0 bridgehead atoms. The summed E-state index contributed by atoms with van der Waals surface area (Å²) in [6.07, 6.45) is 0.242. The normalized spacial score (nSPS) is 11.5. The highest BCUT2D eigenvalue weighted by Gasteiger charge is 2.17. The van der Waals surface area contributed by atoms with Crippen molar-refractivity contribution in [2.24, 2.45) is 0 Å². The van der Waals surface area contributed by atoms with Gasteiger partial charge in [-0.25, -0.2) is 8.42 Å². The van der Waals surface area contributed by atoms with Crippen LogP contribution < -0.4 is 10.1 Å². The van der Waals surface area contributed by atoms with E-state index in [-0.39, 0.29) is 29.9 Å². The molecule has 1 N–H and O–H groups in total. The number of ether oxygens (including phenoxy) is 1. The predicted octanol–water partition coefficient (Wildman–Crippen LogP) is 2.52. The van der Waals surface area contributed by atoms with Crippen molar-refractivity contribution in [3.8, 4) is 5.75 Å². The number of amides is 1. The lowest BCUT2D eigenvalue weighted by atomic mass is 10.1. The number of halogens is 1. The SMILES string of the molecule is Cc1c(OCCC(=O)NC(C)C)ccc(S(=O)(=O)Cl)c1C. The summed E-state index contributed by atoms with van der Waals surface area (Å²) in [5.41, 5.74) is 1.25. The number of hydrogen-bond acceptors (Lipinski definition) is 4. The fourth-order valence-electron chi connectivity index (χ4n) is 1.84. The lowest BCUT2D eigenvalue weighted by Gasteiger charge is -2.13. The summed E-state index contributed by atoms with van der Waals surface area (Å²) >= 11 is 0. The van der Waals surface area contributed by atoms with E-state index in [0.29, 0.717) is 16.9 Å². The Morgan fingerprint density at radius 3 is 2.43 bits per heavy atom. The number of carbonyl (C=O) groups is 1. The molecule has 5 nitrogen and oxygen atoms in total. The van der Waals surface area contributed by atoms with Crippen molar-refractivity contribution < 1.29 is 17.9 Å². The van der Waals surface area contributed by atoms with Gasteiger partial charge in [-0.15, -0.1) is 0 Å². The Hall–Kier alpha value is -1.27. The van der Waals surface area contributed by atoms with Crippen LogP contribution in [0.25, 0.3) is 0 Å². The van der Waals surface area contributed by atoms with E-state index in [2.05, 4.69) is 5.32 Å². The van der Waals surface area contributed by atoms with Crippen LogP contribution in [0.3, 0.4) is 0 Å². The minimum Gasteiger partial charge on any atom is -0.493 e. The molecule has 0 aliphatic rings. The Morgan fingerprint density at radius 2 is 1.90 bits per heavy atom. The van der Waals surface area contributed by atoms with E-state index in [4.69, 9.17) is 15.4 Å². The highest BCUT2D eigenvalue weighted by Crippen LogP contribution is 2.28. The Bertz CT molecular complexity index is 626. The number of benzene rings is 1. The van der Waals surface area contributed by atoms with Crippen LogP contribution in [0.2, 0.25) is 0 Å². The zero-order chi connectivity index (χ0) is 16.2. The van der Waals surface area contributed by atoms with Crippen LogP contribution in [0, 0.1) is 13.8 Å². The van der Waals surface area contributed by atoms with Crippen molar-refractivity contribution in [3.05, 3.63) is 23.3 Å². The molecule has 1 amide bonds. The van der Waals surface area contributed by atoms with E-state index in [1.54, 1.807) is 19.9 Å². The molecular weight excluding hydrogens is 314 g/mol. The highest BCUT2D eigenvalue weighted by atomic mass is 35.7. The maximum Gasteiger partial charge on any atom is 0.261 e. The van der Waals surface area contributed by atoms with Crippen LogP contribution in [0.5, 0.6) is 5.75 Å². The first-order chi connectivity index (χ1) is 9.62. The summed E-state index contributed by atoms with van der Waals surface area (Å²) in [4.78, 5) is 11.6. The van der Waals surface area contributed by atoms with Crippen molar-refractivity contribution in [2.45, 2.75) is 45.1 Å². The molecule has 1 aromatic rings. The van der Waals surface area contributed by atoms with Crippen molar-refractivity contribution in [1.82, 2.24) is 5.32 Å². The fraction of sp³-hybridized carbons (Fsp3) is 0.500. The number of hydrogen-bond donors (Lipinski definition) is 1. The van der Waals surface area contributed by atoms with Gasteiger partial charge in [0.15, 0.2) is 0 Å². The molecule has 0 unspecified atom stereocenters. The first kappa shape index (κ1) is 17.8. The van der Waals surface area contributed by atoms with Crippen molar-refractivity contribution >= 4 is 25.6 Å². The van der Waals surface area contributed by atoms with Crippen LogP contribution in [0.4, 0.5) is 0 Å². The molecule has 0 heterocycles. The van der Waals surface area contributed by atoms with E-state index in [0.717, 1.165) is 0 Å². The molecule has 0 radical (unpaired) electrons. The van der Waals surface area contributed by atoms with Gasteiger partial charge in [0.25, 0.3) is 9.05 Å². The van der Waals surface area contributed by atoms with E-state index in [1.165, 1.54) is 6.07 Å². The highest BCUT2D eigenvalue weighted by molar-refractivity contribution is 8.13. The number of rotatable bonds is 6. The number of carbonyl (C=O) groups excluding carboxylic acids is 1. The molecule has 0 atom stereocenters. The fourth-order valence-corrected chi connectivity index (χ4v) is 3.09. The first-order valence-electron chi connectivity index (χ1n) is 6.60. The zero-order valence-electron chi connectivity index (χ0n) is 12.6. The molecule has 0 saturated carbocycles. The third kappa shape index (κ3) is 5.21. The third-order valence-corrected chi connectivity index (χ3v) is 4.45. The van der Waals surface area contributed by atoms with Gasteiger partial charge in [-0.2, -0.15) is 0 Å². The molecular formula is C14H20ClNO4S. The molecule has 0 aromatic heterocycles. The Balaban J connectivity index is 2.74. The molecule has 7 heteroatoms. The lowest BCUT2D eigenvalue weighted by molar-refractivity contribution is -0.122. The second-order valence-corrected chi connectivity index (χ2v) is 7.60. The maximum atomic E-state index is 11.5. The predicted molar refractivity (Wildman–Crippen MR) is 82.3 cm³/mol. The Labute approximate surface area is 130 Å². The molecule has 1 rings (SSSR count). The van der Waals surface area contributed by atoms with Gasteiger partial charge in [0, 0.05) is 16.7 Å². The van der Waals surface area contributed by atoms with Gasteiger partial charge < -0.3 is 10.1 Å². The quantitative estimate of drug-likeness (QED) is 0.812. The van der Waals surface area contributed by atoms with Crippen LogP contribution in [0.15, 0.2) is 17.0 Å². The van der Waals surface area contributed by atoms with Crippen molar-refractivity contribution in [2.75, 3.05) is 6.61 Å². The second-order valence-electron chi connectivity index (χ2n) is 5.07. The van der Waals surface area contributed by atoms with Gasteiger partial charge in [0.1, 0.15) is 5.75 Å². The monoisotopic (exact) mass is 333 g/mol. The topological polar surface area (TPSA) is 72.5 Å². The van der Waals surface area contributed by atoms with Crippen LogP contribution in [-0.2, 0) is 13.8 Å². The molecule has 1 aromatic carbocycles. The van der Waals surface area contributed by atoms with Crippen molar-refractivity contribution in [3.63, 3.8) is 0 Å². The van der Waals surface area contributed by atoms with Crippen molar-refractivity contribution in [1.29, 1.82) is 0 Å². The molecule has 0 fully saturated rings. The number of nitrogens with one attached hydrogen (secondary N) is 1. The third-order valence-electron chi connectivity index (χ3n) is 2.99. The molecule has 0 aliphatic heterocycles. The Kier molecular flexibility index (Phi) is 6.04. The molecule has 118 valence electrons. The molecule has 0 spiro atoms. The van der Waals surface area contributed by atoms with E-state index in [1.807, 2.05) is 13.8 Å². The second kappa shape index (κ2) is 7.13. The summed E-state index contributed by atoms with van der Waals surface area (Å²) in [6.45, 7) is 7.42. The van der Waals surface area contributed by atoms with Gasteiger partial charge in [-0.05, 0) is 51.0 Å². The molecule has 0 saturated heterocycles. The average Bonchev–Trinajstić information content (AvgIpc) is 2.32. The summed E-state index contributed by atoms with van der Waals surface area (Å²) < 4.78 is 28.3. The van der Waals surface area contributed by atoms with Gasteiger partial charge in [-0.1, -0.05) is 0 Å². The van der Waals surface area contributed by atoms with Gasteiger partial charge in [0.2, 0.25) is 5.91 Å². The first-order valence-corrected chi connectivity index (χ1v) is 8.91. The maximum absolute atomic E-state index is 11.5. The van der Waals surface area contributed by atoms with Gasteiger partial charge in [0.05, 0.1) is 17.9 Å². The Morgan fingerprint density at radius 1 is 1.29 bits per heavy atom. The van der Waals surface area contributed by atoms with Crippen LogP contribution in [0.1, 0.15) is 31.4 Å². The standard InChI is InChI=1S/C14H20ClNO4S/c1-9(2)16-14(17)7-8-20-12-5-6-13(21(15,18)19)11(4)10(12)3/h5-6,9H,7-8H2,1-4H3,(H,16,17). The van der Waals surface area contributed by atoms with Gasteiger partial charge in [-0.3, -0.25) is 4.79 Å². The van der Waals surface area contributed by atoms with E-state index in [9.17, 15) is 13.2 Å². The van der Waals surface area contributed by atoms with Crippen LogP contribution >= 0.6 is 10.7 Å². The van der Waals surface area contributed by atoms with Crippen LogP contribution in [-0.4, -0.2) is 27.0 Å². The molecule has 21 heavy (non-hydrogen) atoms. The molecule has 0 aliphatic carbocycles. The van der Waals surface area contributed by atoms with Gasteiger partial charge >= 0.3 is 0 Å². The summed E-state index contributed by atoms with van der Waals surface area (Å²) in [5, 5.41) is 2.77.